The second-order valence-corrected chi connectivity index (χ2v) is 7.00. The van der Waals surface area contributed by atoms with Gasteiger partial charge < -0.3 is 20.5 Å². The largest absolute Gasteiger partial charge is 0.361 e. The fourth-order valence-corrected chi connectivity index (χ4v) is 3.46. The molecule has 5 nitrogen and oxygen atoms in total. The molecule has 0 bridgehead atoms. The SMILES string of the molecule is CCNC(=NCC1CCN(C)CC1)NCCc1c[nH]c2ccccc12. The van der Waals surface area contributed by atoms with Crippen LogP contribution in [0.5, 0.6) is 0 Å². The van der Waals surface area contributed by atoms with Gasteiger partial charge in [0.1, 0.15) is 0 Å². The van der Waals surface area contributed by atoms with Gasteiger partial charge in [-0.2, -0.15) is 0 Å². The van der Waals surface area contributed by atoms with Crippen molar-refractivity contribution >= 4 is 16.9 Å². The minimum absolute atomic E-state index is 0.722. The zero-order valence-electron chi connectivity index (χ0n) is 15.5. The number of benzene rings is 1. The van der Waals surface area contributed by atoms with Gasteiger partial charge in [-0.05, 0) is 63.9 Å². The quantitative estimate of drug-likeness (QED) is 0.559. The number of hydrogen-bond donors (Lipinski definition) is 3. The molecule has 0 atom stereocenters. The lowest BCUT2D eigenvalue weighted by molar-refractivity contribution is 0.223. The highest BCUT2D eigenvalue weighted by Gasteiger charge is 2.16. The summed E-state index contributed by atoms with van der Waals surface area (Å²) in [5, 5.41) is 8.17. The summed E-state index contributed by atoms with van der Waals surface area (Å²) < 4.78 is 0. The van der Waals surface area contributed by atoms with Crippen molar-refractivity contribution in [2.24, 2.45) is 10.9 Å². The van der Waals surface area contributed by atoms with Crippen molar-refractivity contribution < 1.29 is 0 Å². The van der Waals surface area contributed by atoms with Crippen LogP contribution in [0.1, 0.15) is 25.3 Å². The number of nitrogens with zero attached hydrogens (tertiary/aromatic N) is 2. The highest BCUT2D eigenvalue weighted by atomic mass is 15.2. The van der Waals surface area contributed by atoms with Crippen LogP contribution in [0.2, 0.25) is 0 Å². The van der Waals surface area contributed by atoms with Crippen LogP contribution in [-0.2, 0) is 6.42 Å². The summed E-state index contributed by atoms with van der Waals surface area (Å²) >= 11 is 0. The lowest BCUT2D eigenvalue weighted by Crippen LogP contribution is -2.39. The standard InChI is InChI=1S/C20H31N5/c1-3-21-20(24-14-16-9-12-25(2)13-10-16)22-11-8-17-15-23-19-7-5-4-6-18(17)19/h4-7,15-16,23H,3,8-14H2,1-2H3,(H2,21,22,24). The number of para-hydroxylation sites is 1. The Bertz CT molecular complexity index is 682. The summed E-state index contributed by atoms with van der Waals surface area (Å²) in [6.07, 6.45) is 5.63. The molecule has 0 radical (unpaired) electrons. The first-order valence-corrected chi connectivity index (χ1v) is 9.52. The average Bonchev–Trinajstić information content (AvgIpc) is 3.04. The maximum atomic E-state index is 4.81. The van der Waals surface area contributed by atoms with Gasteiger partial charge in [-0.1, -0.05) is 18.2 Å². The highest BCUT2D eigenvalue weighted by Crippen LogP contribution is 2.18. The van der Waals surface area contributed by atoms with E-state index in [2.05, 4.69) is 65.0 Å². The Morgan fingerprint density at radius 3 is 2.84 bits per heavy atom. The van der Waals surface area contributed by atoms with E-state index < -0.39 is 0 Å². The number of H-pyrrole nitrogens is 1. The minimum Gasteiger partial charge on any atom is -0.361 e. The minimum atomic E-state index is 0.722. The number of rotatable bonds is 6. The second kappa shape index (κ2) is 8.90. The molecule has 1 aliphatic rings. The summed E-state index contributed by atoms with van der Waals surface area (Å²) in [5.74, 6) is 1.67. The van der Waals surface area contributed by atoms with Gasteiger partial charge in [-0.3, -0.25) is 4.99 Å². The molecule has 0 amide bonds. The van der Waals surface area contributed by atoms with Gasteiger partial charge in [0.2, 0.25) is 0 Å². The van der Waals surface area contributed by atoms with Crippen molar-refractivity contribution in [3.8, 4) is 0 Å². The van der Waals surface area contributed by atoms with Crippen molar-refractivity contribution in [3.63, 3.8) is 0 Å². The third kappa shape index (κ3) is 4.98. The molecular formula is C20H31N5. The van der Waals surface area contributed by atoms with Crippen LogP contribution in [0.15, 0.2) is 35.5 Å². The molecule has 2 heterocycles. The Morgan fingerprint density at radius 1 is 1.24 bits per heavy atom. The molecule has 1 aliphatic heterocycles. The second-order valence-electron chi connectivity index (χ2n) is 7.00. The predicted octanol–water partition coefficient (Wildman–Crippen LogP) is 2.61. The predicted molar refractivity (Wildman–Crippen MR) is 106 cm³/mol. The zero-order chi connectivity index (χ0) is 17.5. The van der Waals surface area contributed by atoms with Crippen LogP contribution >= 0.6 is 0 Å². The van der Waals surface area contributed by atoms with Crippen molar-refractivity contribution in [1.82, 2.24) is 20.5 Å². The molecule has 1 saturated heterocycles. The number of likely N-dealkylation sites (tertiary alicyclic amines) is 1. The number of piperidine rings is 1. The number of guanidine groups is 1. The number of aromatic amines is 1. The first-order chi connectivity index (χ1) is 12.3. The van der Waals surface area contributed by atoms with Crippen LogP contribution in [0.3, 0.4) is 0 Å². The summed E-state index contributed by atoms with van der Waals surface area (Å²) in [5.41, 5.74) is 2.56. The lowest BCUT2D eigenvalue weighted by atomic mass is 9.97. The molecular weight excluding hydrogens is 310 g/mol. The van der Waals surface area contributed by atoms with E-state index >= 15 is 0 Å². The highest BCUT2D eigenvalue weighted by molar-refractivity contribution is 5.83. The van der Waals surface area contributed by atoms with E-state index in [1.54, 1.807) is 0 Å². The van der Waals surface area contributed by atoms with Gasteiger partial charge in [0.15, 0.2) is 5.96 Å². The molecule has 5 heteroatoms. The van der Waals surface area contributed by atoms with E-state index in [1.165, 1.54) is 42.4 Å². The fourth-order valence-electron chi connectivity index (χ4n) is 3.46. The number of aromatic nitrogens is 1. The van der Waals surface area contributed by atoms with Crippen LogP contribution in [-0.4, -0.2) is 55.6 Å². The van der Waals surface area contributed by atoms with Crippen molar-refractivity contribution in [3.05, 3.63) is 36.0 Å². The third-order valence-electron chi connectivity index (χ3n) is 5.05. The van der Waals surface area contributed by atoms with Gasteiger partial charge in [-0.25, -0.2) is 0 Å². The monoisotopic (exact) mass is 341 g/mol. The van der Waals surface area contributed by atoms with E-state index in [0.29, 0.717) is 0 Å². The van der Waals surface area contributed by atoms with Gasteiger partial charge in [0, 0.05) is 36.7 Å². The number of fused-ring (bicyclic) bond motifs is 1. The molecule has 1 aromatic heterocycles. The number of aliphatic imine (C=N–C) groups is 1. The van der Waals surface area contributed by atoms with Gasteiger partial charge in [-0.15, -0.1) is 0 Å². The first-order valence-electron chi connectivity index (χ1n) is 9.52. The first kappa shape index (κ1) is 17.8. The molecule has 2 aromatic rings. The molecule has 3 rings (SSSR count). The van der Waals surface area contributed by atoms with Crippen molar-refractivity contribution in [2.75, 3.05) is 39.8 Å². The van der Waals surface area contributed by atoms with Gasteiger partial charge >= 0.3 is 0 Å². The Kier molecular flexibility index (Phi) is 6.34. The maximum absolute atomic E-state index is 4.81. The molecule has 0 unspecified atom stereocenters. The summed E-state index contributed by atoms with van der Waals surface area (Å²) in [6, 6.07) is 8.47. The maximum Gasteiger partial charge on any atom is 0.191 e. The van der Waals surface area contributed by atoms with Crippen LogP contribution in [0, 0.1) is 5.92 Å². The summed E-state index contributed by atoms with van der Waals surface area (Å²) in [7, 11) is 2.20. The van der Waals surface area contributed by atoms with E-state index in [1.807, 2.05) is 0 Å². The van der Waals surface area contributed by atoms with E-state index in [4.69, 9.17) is 4.99 Å². The van der Waals surface area contributed by atoms with Crippen molar-refractivity contribution in [2.45, 2.75) is 26.2 Å². The van der Waals surface area contributed by atoms with Crippen LogP contribution < -0.4 is 10.6 Å². The normalized spacial score (nSPS) is 17.1. The zero-order valence-corrected chi connectivity index (χ0v) is 15.5. The average molecular weight is 342 g/mol. The van der Waals surface area contributed by atoms with Crippen molar-refractivity contribution in [1.29, 1.82) is 0 Å². The Hall–Kier alpha value is -2.01. The van der Waals surface area contributed by atoms with Gasteiger partial charge in [0.05, 0.1) is 0 Å². The third-order valence-corrected chi connectivity index (χ3v) is 5.05. The molecule has 0 spiro atoms. The smallest absolute Gasteiger partial charge is 0.191 e. The number of hydrogen-bond acceptors (Lipinski definition) is 2. The Balaban J connectivity index is 1.50. The van der Waals surface area contributed by atoms with E-state index in [9.17, 15) is 0 Å². The Morgan fingerprint density at radius 2 is 2.04 bits per heavy atom. The molecule has 25 heavy (non-hydrogen) atoms. The molecule has 3 N–H and O–H groups in total. The number of nitrogens with one attached hydrogen (secondary N) is 3. The molecule has 136 valence electrons. The fraction of sp³-hybridized carbons (Fsp3) is 0.550. The molecule has 1 aromatic carbocycles. The molecule has 0 saturated carbocycles. The summed E-state index contributed by atoms with van der Waals surface area (Å²) in [4.78, 5) is 10.6. The Labute approximate surface area is 150 Å². The summed E-state index contributed by atoms with van der Waals surface area (Å²) in [6.45, 7) is 7.23. The van der Waals surface area contributed by atoms with Crippen LogP contribution in [0.25, 0.3) is 10.9 Å². The van der Waals surface area contributed by atoms with Gasteiger partial charge in [0.25, 0.3) is 0 Å². The molecule has 0 aliphatic carbocycles. The van der Waals surface area contributed by atoms with E-state index in [0.717, 1.165) is 37.9 Å². The van der Waals surface area contributed by atoms with Crippen LogP contribution in [0.4, 0.5) is 0 Å². The lowest BCUT2D eigenvalue weighted by Gasteiger charge is -2.28. The van der Waals surface area contributed by atoms with E-state index in [-0.39, 0.29) is 0 Å². The molecule has 1 fully saturated rings. The topological polar surface area (TPSA) is 55.5 Å².